The zero-order chi connectivity index (χ0) is 88.5. The van der Waals surface area contributed by atoms with Gasteiger partial charge in [0.25, 0.3) is 23.6 Å². The number of aromatic amines is 4. The number of hydrogen-bond acceptors (Lipinski definition) is 20. The van der Waals surface area contributed by atoms with E-state index in [0.29, 0.717) is 50.7 Å². The van der Waals surface area contributed by atoms with Gasteiger partial charge in [-0.25, -0.2) is 18.7 Å². The maximum atomic E-state index is 13.5. The third-order valence-electron chi connectivity index (χ3n) is 23.5. The summed E-state index contributed by atoms with van der Waals surface area (Å²) in [6.45, 7) is 15.8. The molecule has 28 nitrogen and oxygen atoms in total. The minimum atomic E-state index is -0.421. The quantitative estimate of drug-likeness (QED) is 0.0342. The molecule has 9 N–H and O–H groups in total. The van der Waals surface area contributed by atoms with Gasteiger partial charge in [-0.05, 0) is 270 Å². The molecule has 4 amide bonds. The van der Waals surface area contributed by atoms with E-state index in [0.717, 1.165) is 180 Å². The summed E-state index contributed by atoms with van der Waals surface area (Å²) in [5.74, 6) is -1.56. The fourth-order valence-electron chi connectivity index (χ4n) is 16.7. The third-order valence-corrected chi connectivity index (χ3v) is 23.5. The first-order valence-corrected chi connectivity index (χ1v) is 43.8. The first-order valence-electron chi connectivity index (χ1n) is 43.8. The summed E-state index contributed by atoms with van der Waals surface area (Å²) in [7, 11) is 0. The number of nitrogens with zero attached hydrogens (tertiary/aromatic N) is 15. The molecule has 4 saturated heterocycles. The number of likely N-dealkylation sites (tertiary alicyclic amines) is 4. The smallest absolute Gasteiger partial charge is 0.276 e. The molecule has 654 valence electrons. The Balaban J connectivity index is 0.000000121. The summed E-state index contributed by atoms with van der Waals surface area (Å²) in [5, 5.41) is 52.3. The molecule has 0 unspecified atom stereocenters. The highest BCUT2D eigenvalue weighted by atomic mass is 19.1. The van der Waals surface area contributed by atoms with Gasteiger partial charge in [0.15, 0.2) is 22.8 Å². The van der Waals surface area contributed by atoms with Crippen LogP contribution in [0.4, 0.5) is 31.5 Å². The van der Waals surface area contributed by atoms with Crippen molar-refractivity contribution in [3.8, 4) is 44.5 Å². The lowest BCUT2D eigenvalue weighted by atomic mass is 10.0. The number of carbonyl (C=O) groups is 4. The van der Waals surface area contributed by atoms with Gasteiger partial charge in [0.2, 0.25) is 0 Å². The van der Waals surface area contributed by atoms with Crippen molar-refractivity contribution in [3.05, 3.63) is 294 Å². The van der Waals surface area contributed by atoms with Crippen molar-refractivity contribution in [2.24, 2.45) is 0 Å². The number of carbonyl (C=O) groups excluding carboxylic acids is 4. The van der Waals surface area contributed by atoms with Gasteiger partial charge in [-0.3, -0.25) is 84.1 Å². The van der Waals surface area contributed by atoms with Gasteiger partial charge in [0.1, 0.15) is 17.5 Å². The minimum absolute atomic E-state index is 0.195. The topological polar surface area (TPSA) is 355 Å². The molecule has 20 rings (SSSR count). The van der Waals surface area contributed by atoms with Crippen molar-refractivity contribution in [1.29, 1.82) is 0 Å². The number of aliphatic hydroxyl groups excluding tert-OH is 1. The molecule has 6 aromatic carbocycles. The van der Waals surface area contributed by atoms with Gasteiger partial charge in [-0.1, -0.05) is 55.7 Å². The Morgan fingerprint density at radius 2 is 0.643 bits per heavy atom. The van der Waals surface area contributed by atoms with E-state index in [9.17, 15) is 33.1 Å². The fourth-order valence-corrected chi connectivity index (χ4v) is 16.7. The van der Waals surface area contributed by atoms with Crippen molar-refractivity contribution in [3.63, 3.8) is 0 Å². The van der Waals surface area contributed by atoms with Crippen LogP contribution in [0, 0.1) is 25.5 Å². The maximum absolute atomic E-state index is 13.5. The van der Waals surface area contributed by atoms with Gasteiger partial charge in [0.05, 0.1) is 58.1 Å². The first kappa shape index (κ1) is 86.7. The van der Waals surface area contributed by atoms with Gasteiger partial charge in [0, 0.05) is 150 Å². The minimum Gasteiger partial charge on any atom is -0.393 e. The van der Waals surface area contributed by atoms with E-state index in [2.05, 4.69) is 141 Å². The molecule has 0 radical (unpaired) electrons. The average Bonchev–Trinajstić information content (AvgIpc) is 1.68. The number of fused-ring (bicyclic) bond motifs is 4. The lowest BCUT2D eigenvalue weighted by molar-refractivity contribution is 0.0792. The molecule has 0 bridgehead atoms. The van der Waals surface area contributed by atoms with Crippen LogP contribution in [0.5, 0.6) is 0 Å². The number of amides is 4. The summed E-state index contributed by atoms with van der Waals surface area (Å²) in [6, 6.07) is 47.5. The maximum Gasteiger partial charge on any atom is 0.276 e. The zero-order valence-corrected chi connectivity index (χ0v) is 71.7. The van der Waals surface area contributed by atoms with Crippen LogP contribution in [-0.2, 0) is 26.2 Å². The fraction of sp³-hybridized carbons (Fsp3) is 0.263. The van der Waals surface area contributed by atoms with Crippen LogP contribution in [0.15, 0.2) is 226 Å². The van der Waals surface area contributed by atoms with Gasteiger partial charge >= 0.3 is 0 Å². The Kier molecular flexibility index (Phi) is 27.5. The molecule has 0 spiro atoms. The van der Waals surface area contributed by atoms with E-state index in [1.54, 1.807) is 49.9 Å². The van der Waals surface area contributed by atoms with Crippen LogP contribution < -0.4 is 21.3 Å². The molecular weight excluding hydrogens is 1630 g/mol. The van der Waals surface area contributed by atoms with Crippen LogP contribution in [0.3, 0.4) is 0 Å². The Bertz CT molecular complexity index is 6430. The number of aromatic nitrogens is 15. The molecule has 129 heavy (non-hydrogen) atoms. The molecule has 4 fully saturated rings. The summed E-state index contributed by atoms with van der Waals surface area (Å²) < 4.78 is 26.9. The highest BCUT2D eigenvalue weighted by Gasteiger charge is 2.24. The normalized spacial score (nSPS) is 14.7. The van der Waals surface area contributed by atoms with E-state index in [1.807, 2.05) is 135 Å². The number of nitrogens with one attached hydrogen (secondary N) is 8. The van der Waals surface area contributed by atoms with Crippen LogP contribution in [-0.4, -0.2) is 182 Å². The SMILES string of the molecule is Cc1ccc(NC(=O)c2n[nH]c3ccc(-c4cncc(CN5CCCCC5)c4)cc23)cn1.Cc1ncc(NC(=O)c2n[nH]c3ccc(-c4cncc(CN5CCCCC5)c4)cc23)cn1.O=C(Nc1cccc(F)c1)c1n[nH]c2ccc(-c3cncc(CN4CCC(O)CC4)c3)cc12.O=C(Nc1cccc(F)c1)c1n[nH]c2ccc(-c3cncc(CN4CCCCC4)c3)cc12. The third kappa shape index (κ3) is 22.3. The number of anilines is 4. The predicted octanol–water partition coefficient (Wildman–Crippen LogP) is 17.5. The molecule has 10 aromatic heterocycles. The Labute approximate surface area is 743 Å². The van der Waals surface area contributed by atoms with E-state index in [4.69, 9.17) is 0 Å². The van der Waals surface area contributed by atoms with Crippen molar-refractivity contribution in [2.45, 2.75) is 117 Å². The molecule has 0 saturated carbocycles. The van der Waals surface area contributed by atoms with Gasteiger partial charge in [-0.15, -0.1) is 0 Å². The van der Waals surface area contributed by atoms with Crippen LogP contribution in [0.25, 0.3) is 88.1 Å². The Morgan fingerprint density at radius 3 is 0.961 bits per heavy atom. The zero-order valence-electron chi connectivity index (χ0n) is 71.7. The average molecular weight is 1730 g/mol. The number of hydrogen-bond donors (Lipinski definition) is 9. The number of benzene rings is 6. The summed E-state index contributed by atoms with van der Waals surface area (Å²) >= 11 is 0. The van der Waals surface area contributed by atoms with Gasteiger partial charge in [-0.2, -0.15) is 20.4 Å². The number of piperidine rings is 4. The Hall–Kier alpha value is -14.4. The van der Waals surface area contributed by atoms with E-state index in [-0.39, 0.29) is 29.3 Å². The lowest BCUT2D eigenvalue weighted by Crippen LogP contribution is -2.35. The van der Waals surface area contributed by atoms with E-state index >= 15 is 0 Å². The monoisotopic (exact) mass is 1730 g/mol. The number of rotatable bonds is 20. The van der Waals surface area contributed by atoms with E-state index in [1.165, 1.54) is 105 Å². The highest BCUT2D eigenvalue weighted by Crippen LogP contribution is 2.34. The van der Waals surface area contributed by atoms with Crippen LogP contribution in [0.1, 0.15) is 146 Å². The van der Waals surface area contributed by atoms with Crippen LogP contribution in [0.2, 0.25) is 0 Å². The summed E-state index contributed by atoms with van der Waals surface area (Å²) in [6.07, 6.45) is 32.8. The molecule has 14 heterocycles. The van der Waals surface area contributed by atoms with Gasteiger partial charge < -0.3 is 26.4 Å². The summed E-state index contributed by atoms with van der Waals surface area (Å²) in [4.78, 5) is 91.3. The number of halogens is 2. The largest absolute Gasteiger partial charge is 0.393 e. The van der Waals surface area contributed by atoms with Crippen LogP contribution >= 0.6 is 0 Å². The lowest BCUT2D eigenvalue weighted by Gasteiger charge is -2.29. The Morgan fingerprint density at radius 1 is 0.333 bits per heavy atom. The summed E-state index contributed by atoms with van der Waals surface area (Å²) in [5.41, 5.74) is 19.7. The predicted molar refractivity (Wildman–Crippen MR) is 496 cm³/mol. The number of pyridine rings is 5. The van der Waals surface area contributed by atoms with Crippen molar-refractivity contribution in [2.75, 3.05) is 73.6 Å². The number of aryl methyl sites for hydroxylation is 2. The highest BCUT2D eigenvalue weighted by molar-refractivity contribution is 6.14. The molecule has 16 aromatic rings. The molecule has 0 atom stereocenters. The van der Waals surface area contributed by atoms with Crippen molar-refractivity contribution in [1.82, 2.24) is 95.3 Å². The molecule has 4 aliphatic heterocycles. The molecule has 0 aliphatic carbocycles. The molecule has 30 heteroatoms. The number of H-pyrrole nitrogens is 4. The van der Waals surface area contributed by atoms with E-state index < -0.39 is 23.4 Å². The molecular formula is C99H99F2N23O5. The second-order valence-electron chi connectivity index (χ2n) is 33.2. The van der Waals surface area contributed by atoms with Crippen molar-refractivity contribution >= 4 is 90.0 Å². The first-order chi connectivity index (χ1) is 63.0. The number of aliphatic hydroxyl groups is 1. The second kappa shape index (κ2) is 40.9. The van der Waals surface area contributed by atoms with Crippen molar-refractivity contribution < 1.29 is 33.1 Å². The standard InChI is InChI=1S/C25H24FN5O2.C25H24FN5O.C25H26N6O.C24H25N7O/c26-19-2-1-3-20(12-19)28-25(33)24-22-11-17(4-5-23(22)29-30-24)18-10-16(13-27-14-18)15-31-8-6-21(32)7-9-31;26-20-5-4-6-21(13-20)28-25(32)24-22-12-18(7-8-23(22)29-30-24)19-11-17(14-27-15-19)16-31-9-2-1-3-10-31;1-17-5-7-21(15-27-17)28-25(32)24-22-12-19(6-8-23(22)29-30-24)20-11-18(13-26-14-20)16-31-9-3-2-4-10-31;1-16-26-13-20(14-27-16)28-24(32)23-21-10-18(5-6-22(21)29-30-23)19-9-17(11-25-12-19)15-31-7-3-2-4-8-31/h1-5,10-14,21,32H,6-9,15H2,(H,28,33)(H,29,30);4-8,11-15H,1-3,9-10,16H2,(H,28,32)(H,29,30);5-8,11-15H,2-4,9-10,16H2,1H3,(H,28,32)(H,29,30);5-6,9-14H,2-4,7-8,15H2,1H3,(H,28,32)(H,29,30). The molecule has 4 aliphatic rings. The second-order valence-corrected chi connectivity index (χ2v) is 33.2.